The Labute approximate surface area is 115 Å². The highest BCUT2D eigenvalue weighted by molar-refractivity contribution is 5.76. The Morgan fingerprint density at radius 2 is 2.15 bits per heavy atom. The fraction of sp³-hybridized carbons (Fsp3) is 0.0714. The van der Waals surface area contributed by atoms with Gasteiger partial charge in [-0.3, -0.25) is 5.21 Å². The van der Waals surface area contributed by atoms with Crippen LogP contribution in [0.5, 0.6) is 0 Å². The fourth-order valence-corrected chi connectivity index (χ4v) is 1.88. The maximum absolute atomic E-state index is 9.66. The lowest BCUT2D eigenvalue weighted by atomic mass is 10.2. The number of rotatable bonds is 2. The second kappa shape index (κ2) is 5.10. The van der Waals surface area contributed by atoms with Gasteiger partial charge in [0.25, 0.3) is 0 Å². The van der Waals surface area contributed by atoms with Crippen molar-refractivity contribution in [1.29, 1.82) is 0 Å². The summed E-state index contributed by atoms with van der Waals surface area (Å²) in [5.74, 6) is 0.436. The van der Waals surface area contributed by atoms with Crippen molar-refractivity contribution in [3.63, 3.8) is 0 Å². The quantitative estimate of drug-likeness (QED) is 0.815. The molecule has 6 nitrogen and oxygen atoms in total. The van der Waals surface area contributed by atoms with Gasteiger partial charge in [0, 0.05) is 6.20 Å². The summed E-state index contributed by atoms with van der Waals surface area (Å²) in [5, 5.41) is 18.8. The van der Waals surface area contributed by atoms with Crippen LogP contribution < -0.4 is 0 Å². The Balaban J connectivity index is 1.88. The van der Waals surface area contributed by atoms with Gasteiger partial charge in [-0.2, -0.15) is 0 Å². The van der Waals surface area contributed by atoms with Gasteiger partial charge in [-0.15, -0.1) is 10.2 Å². The summed E-state index contributed by atoms with van der Waals surface area (Å²) in [4.78, 5) is 7.37. The first-order valence-electron chi connectivity index (χ1n) is 6.14. The molecule has 1 aromatic carbocycles. The van der Waals surface area contributed by atoms with E-state index in [1.54, 1.807) is 19.1 Å². The number of hydroxylamine groups is 2. The summed E-state index contributed by atoms with van der Waals surface area (Å²) in [6, 6.07) is 7.68. The minimum atomic E-state index is 0.436. The third-order valence-corrected chi connectivity index (χ3v) is 2.88. The lowest BCUT2D eigenvalue weighted by Gasteiger charge is -2.16. The van der Waals surface area contributed by atoms with E-state index in [2.05, 4.69) is 20.2 Å². The van der Waals surface area contributed by atoms with Crippen molar-refractivity contribution in [2.24, 2.45) is 10.2 Å². The second-order valence-corrected chi connectivity index (χ2v) is 4.29. The number of nitrogens with zero attached hydrogens (tertiary/aromatic N) is 4. The Bertz CT molecular complexity index is 721. The summed E-state index contributed by atoms with van der Waals surface area (Å²) >= 11 is 0. The average Bonchev–Trinajstić information content (AvgIpc) is 2.88. The van der Waals surface area contributed by atoms with Gasteiger partial charge in [0.15, 0.2) is 0 Å². The van der Waals surface area contributed by atoms with Crippen LogP contribution in [-0.4, -0.2) is 20.2 Å². The zero-order valence-corrected chi connectivity index (χ0v) is 10.9. The van der Waals surface area contributed by atoms with Crippen LogP contribution in [-0.2, 0) is 0 Å². The Kier molecular flexibility index (Phi) is 3.14. The fourth-order valence-electron chi connectivity index (χ4n) is 1.88. The number of allylic oxidation sites excluding steroid dienone is 4. The van der Waals surface area contributed by atoms with Gasteiger partial charge in [0.05, 0.1) is 22.4 Å². The van der Waals surface area contributed by atoms with Crippen LogP contribution in [0.25, 0.3) is 11.0 Å². The topological polar surface area (TPSA) is 76.9 Å². The molecule has 0 radical (unpaired) electrons. The number of aromatic nitrogens is 2. The summed E-state index contributed by atoms with van der Waals surface area (Å²) < 4.78 is 0. The standard InChI is InChI=1S/C14H13N5O/c1-10(13-8-4-5-9-19(13)20)17-18-14-15-11-6-2-3-7-12(11)16-14/h2-9,20H,1H3,(H,15,16). The van der Waals surface area contributed by atoms with Gasteiger partial charge >= 0.3 is 0 Å². The van der Waals surface area contributed by atoms with Gasteiger partial charge in [0.1, 0.15) is 0 Å². The molecular formula is C14H13N5O. The van der Waals surface area contributed by atoms with Crippen molar-refractivity contribution in [3.05, 3.63) is 60.1 Å². The smallest absolute Gasteiger partial charge is 0.247 e. The van der Waals surface area contributed by atoms with E-state index >= 15 is 0 Å². The molecule has 0 saturated carbocycles. The zero-order chi connectivity index (χ0) is 13.9. The normalized spacial score (nSPS) is 17.4. The first kappa shape index (κ1) is 12.3. The van der Waals surface area contributed by atoms with Crippen molar-refractivity contribution in [1.82, 2.24) is 15.0 Å². The van der Waals surface area contributed by atoms with Crippen molar-refractivity contribution >= 4 is 17.0 Å². The van der Waals surface area contributed by atoms with E-state index in [-0.39, 0.29) is 0 Å². The third kappa shape index (κ3) is 2.36. The molecule has 0 bridgehead atoms. The number of azo groups is 1. The van der Waals surface area contributed by atoms with Crippen LogP contribution in [0, 0.1) is 0 Å². The molecule has 0 atom stereocenters. The van der Waals surface area contributed by atoms with Crippen molar-refractivity contribution < 1.29 is 5.21 Å². The van der Waals surface area contributed by atoms with Crippen LogP contribution in [0.15, 0.2) is 70.3 Å². The van der Waals surface area contributed by atoms with E-state index in [0.29, 0.717) is 17.3 Å². The number of fused-ring (bicyclic) bond motifs is 1. The number of benzene rings is 1. The third-order valence-electron chi connectivity index (χ3n) is 2.88. The Hall–Kier alpha value is -2.73. The van der Waals surface area contributed by atoms with Crippen LogP contribution in [0.2, 0.25) is 0 Å². The number of nitrogens with one attached hydrogen (secondary N) is 1. The summed E-state index contributed by atoms with van der Waals surface area (Å²) in [5.41, 5.74) is 2.92. The molecule has 2 N–H and O–H groups in total. The Morgan fingerprint density at radius 1 is 1.30 bits per heavy atom. The molecule has 1 aliphatic heterocycles. The van der Waals surface area contributed by atoms with E-state index in [4.69, 9.17) is 0 Å². The van der Waals surface area contributed by atoms with Crippen LogP contribution in [0.4, 0.5) is 5.95 Å². The maximum atomic E-state index is 9.66. The highest BCUT2D eigenvalue weighted by Gasteiger charge is 2.07. The summed E-state index contributed by atoms with van der Waals surface area (Å²) in [6.07, 6.45) is 6.85. The monoisotopic (exact) mass is 267 g/mol. The van der Waals surface area contributed by atoms with E-state index in [9.17, 15) is 5.21 Å². The Morgan fingerprint density at radius 3 is 2.95 bits per heavy atom. The molecule has 1 aliphatic rings. The molecule has 0 aliphatic carbocycles. The molecule has 0 unspecified atom stereocenters. The SMILES string of the molecule is CC(N=Nc1nc2ccccc2[nH]1)=C1C=CC=CN1O. The van der Waals surface area contributed by atoms with E-state index < -0.39 is 0 Å². The highest BCUT2D eigenvalue weighted by atomic mass is 16.5. The molecule has 1 aromatic heterocycles. The molecule has 2 heterocycles. The van der Waals surface area contributed by atoms with E-state index in [1.807, 2.05) is 30.3 Å². The lowest BCUT2D eigenvalue weighted by Crippen LogP contribution is -2.12. The molecule has 2 aromatic rings. The maximum Gasteiger partial charge on any atom is 0.247 e. The van der Waals surface area contributed by atoms with Gasteiger partial charge in [-0.1, -0.05) is 18.2 Å². The largest absolute Gasteiger partial charge is 0.321 e. The first-order valence-corrected chi connectivity index (χ1v) is 6.14. The molecule has 6 heteroatoms. The molecule has 0 spiro atoms. The zero-order valence-electron chi connectivity index (χ0n) is 10.9. The van der Waals surface area contributed by atoms with Crippen molar-refractivity contribution in [2.75, 3.05) is 0 Å². The number of para-hydroxylation sites is 2. The number of H-pyrrole nitrogens is 1. The molecule has 0 saturated heterocycles. The summed E-state index contributed by atoms with van der Waals surface area (Å²) in [6.45, 7) is 1.77. The average molecular weight is 267 g/mol. The predicted octanol–water partition coefficient (Wildman–Crippen LogP) is 3.65. The van der Waals surface area contributed by atoms with Crippen molar-refractivity contribution in [3.8, 4) is 0 Å². The van der Waals surface area contributed by atoms with Gasteiger partial charge in [-0.25, -0.2) is 10.0 Å². The highest BCUT2D eigenvalue weighted by Crippen LogP contribution is 2.19. The molecule has 100 valence electrons. The molecular weight excluding hydrogens is 254 g/mol. The number of imidazole rings is 1. The van der Waals surface area contributed by atoms with E-state index in [0.717, 1.165) is 16.1 Å². The molecule has 20 heavy (non-hydrogen) atoms. The lowest BCUT2D eigenvalue weighted by molar-refractivity contribution is -0.00149. The molecule has 0 amide bonds. The molecule has 0 fully saturated rings. The van der Waals surface area contributed by atoms with Gasteiger partial charge in [-0.05, 0) is 31.2 Å². The summed E-state index contributed by atoms with van der Waals surface area (Å²) in [7, 11) is 0. The first-order chi connectivity index (χ1) is 9.74. The van der Waals surface area contributed by atoms with Crippen LogP contribution >= 0.6 is 0 Å². The minimum Gasteiger partial charge on any atom is -0.321 e. The second-order valence-electron chi connectivity index (χ2n) is 4.29. The number of hydrogen-bond donors (Lipinski definition) is 2. The van der Waals surface area contributed by atoms with Crippen LogP contribution in [0.3, 0.4) is 0 Å². The predicted molar refractivity (Wildman–Crippen MR) is 75.2 cm³/mol. The number of aromatic amines is 1. The van der Waals surface area contributed by atoms with E-state index in [1.165, 1.54) is 6.20 Å². The molecule has 3 rings (SSSR count). The van der Waals surface area contributed by atoms with Crippen LogP contribution in [0.1, 0.15) is 6.92 Å². The minimum absolute atomic E-state index is 0.436. The van der Waals surface area contributed by atoms with Crippen molar-refractivity contribution in [2.45, 2.75) is 6.92 Å². The van der Waals surface area contributed by atoms with Gasteiger partial charge in [0.2, 0.25) is 5.95 Å². The van der Waals surface area contributed by atoms with Gasteiger partial charge < -0.3 is 4.98 Å². The number of hydrogen-bond acceptors (Lipinski definition) is 5.